The fourth-order valence-electron chi connectivity index (χ4n) is 4.87. The van der Waals surface area contributed by atoms with E-state index in [0.29, 0.717) is 22.7 Å². The summed E-state index contributed by atoms with van der Waals surface area (Å²) in [5, 5.41) is 6.41. The zero-order chi connectivity index (χ0) is 23.2. The summed E-state index contributed by atoms with van der Waals surface area (Å²) in [6, 6.07) is 13.7. The molecule has 8 heteroatoms. The topological polar surface area (TPSA) is 83.8 Å². The van der Waals surface area contributed by atoms with Crippen LogP contribution in [-0.2, 0) is 12.8 Å². The fraction of sp³-hybridized carbons (Fsp3) is 0.192. The lowest BCUT2D eigenvalue weighted by molar-refractivity contribution is 0.342. The van der Waals surface area contributed by atoms with Gasteiger partial charge < -0.3 is 10.5 Å². The molecule has 2 aromatic carbocycles. The second-order valence-corrected chi connectivity index (χ2v) is 8.52. The third kappa shape index (κ3) is 3.22. The monoisotopic (exact) mass is 454 g/mol. The van der Waals surface area contributed by atoms with Crippen LogP contribution in [0.1, 0.15) is 23.6 Å². The van der Waals surface area contributed by atoms with Gasteiger partial charge in [0.25, 0.3) is 0 Å². The van der Waals surface area contributed by atoms with Gasteiger partial charge in [0.15, 0.2) is 23.0 Å². The van der Waals surface area contributed by atoms with Gasteiger partial charge in [0.1, 0.15) is 24.1 Å². The SMILES string of the molecule is C=CCOc1cc2c(ccn2-c2nn(C3CCc4ccccc4C3)c3ncnc(N)c23)cc1F. The third-order valence-corrected chi connectivity index (χ3v) is 6.50. The molecule has 0 amide bonds. The molecule has 1 unspecified atom stereocenters. The zero-order valence-corrected chi connectivity index (χ0v) is 18.5. The molecule has 0 fully saturated rings. The van der Waals surface area contributed by atoms with Gasteiger partial charge in [-0.15, -0.1) is 0 Å². The van der Waals surface area contributed by atoms with E-state index in [-0.39, 0.29) is 18.4 Å². The zero-order valence-electron chi connectivity index (χ0n) is 18.5. The van der Waals surface area contributed by atoms with Crippen molar-refractivity contribution in [2.24, 2.45) is 0 Å². The highest BCUT2D eigenvalue weighted by Gasteiger charge is 2.26. The quantitative estimate of drug-likeness (QED) is 0.386. The average Bonchev–Trinajstić information content (AvgIpc) is 3.44. The number of nitrogen functional groups attached to an aromatic ring is 1. The maximum atomic E-state index is 14.5. The standard InChI is InChI=1S/C26H23FN6O/c1-2-11-34-22-14-21-18(13-20(22)27)9-10-32(21)26-23-24(28)29-15-30-25(23)33(31-26)19-8-7-16-5-3-4-6-17(16)12-19/h2-6,9-10,13-15,19H,1,7-8,11-12H2,(H2,28,29,30). The van der Waals surface area contributed by atoms with E-state index in [1.165, 1.54) is 23.5 Å². The predicted octanol–water partition coefficient (Wildman–Crippen LogP) is 4.79. The van der Waals surface area contributed by atoms with Crippen LogP contribution >= 0.6 is 0 Å². The van der Waals surface area contributed by atoms with Crippen molar-refractivity contribution >= 4 is 27.8 Å². The van der Waals surface area contributed by atoms with Crippen LogP contribution in [0.15, 0.2) is 67.6 Å². The maximum Gasteiger partial charge on any atom is 0.172 e. The van der Waals surface area contributed by atoms with Crippen LogP contribution in [0.25, 0.3) is 27.8 Å². The van der Waals surface area contributed by atoms with Crippen molar-refractivity contribution < 1.29 is 9.13 Å². The molecule has 3 heterocycles. The Morgan fingerprint density at radius 1 is 1.18 bits per heavy atom. The van der Waals surface area contributed by atoms with E-state index in [9.17, 15) is 4.39 Å². The number of aromatic nitrogens is 5. The van der Waals surface area contributed by atoms with Crippen molar-refractivity contribution in [3.63, 3.8) is 0 Å². The summed E-state index contributed by atoms with van der Waals surface area (Å²) in [7, 11) is 0. The molecule has 0 saturated heterocycles. The number of halogens is 1. The van der Waals surface area contributed by atoms with Crippen molar-refractivity contribution in [3.8, 4) is 11.6 Å². The first-order valence-corrected chi connectivity index (χ1v) is 11.2. The second-order valence-electron chi connectivity index (χ2n) is 8.52. The summed E-state index contributed by atoms with van der Waals surface area (Å²) in [6.07, 6.45) is 7.71. The molecule has 0 spiro atoms. The molecule has 1 aliphatic rings. The lowest BCUT2D eigenvalue weighted by Crippen LogP contribution is -2.20. The minimum absolute atomic E-state index is 0.145. The smallest absolute Gasteiger partial charge is 0.172 e. The molecule has 2 N–H and O–H groups in total. The molecule has 6 rings (SSSR count). The van der Waals surface area contributed by atoms with E-state index >= 15 is 0 Å². The van der Waals surface area contributed by atoms with Gasteiger partial charge in [0, 0.05) is 17.6 Å². The number of anilines is 1. The van der Waals surface area contributed by atoms with Crippen molar-refractivity contribution in [2.45, 2.75) is 25.3 Å². The van der Waals surface area contributed by atoms with E-state index in [1.54, 1.807) is 12.1 Å². The number of rotatable bonds is 5. The third-order valence-electron chi connectivity index (χ3n) is 6.50. The Morgan fingerprint density at radius 3 is 2.88 bits per heavy atom. The molecular formula is C26H23FN6O. The molecule has 0 saturated carbocycles. The molecule has 3 aromatic heterocycles. The summed E-state index contributed by atoms with van der Waals surface area (Å²) in [4.78, 5) is 8.78. The highest BCUT2D eigenvalue weighted by atomic mass is 19.1. The molecule has 1 atom stereocenters. The molecule has 1 aliphatic carbocycles. The van der Waals surface area contributed by atoms with E-state index in [2.05, 4.69) is 40.8 Å². The largest absolute Gasteiger partial charge is 0.486 e. The van der Waals surface area contributed by atoms with Gasteiger partial charge in [-0.1, -0.05) is 36.9 Å². The molecule has 0 radical (unpaired) electrons. The molecule has 170 valence electrons. The number of nitrogens with zero attached hydrogens (tertiary/aromatic N) is 5. The lowest BCUT2D eigenvalue weighted by Gasteiger charge is -2.25. The highest BCUT2D eigenvalue weighted by molar-refractivity contribution is 5.95. The Morgan fingerprint density at radius 2 is 2.03 bits per heavy atom. The number of fused-ring (bicyclic) bond motifs is 3. The Bertz CT molecular complexity index is 1550. The van der Waals surface area contributed by atoms with Crippen LogP contribution in [0.2, 0.25) is 0 Å². The molecule has 0 bridgehead atoms. The molecular weight excluding hydrogens is 431 g/mol. The summed E-state index contributed by atoms with van der Waals surface area (Å²) in [5.74, 6) is 0.702. The van der Waals surface area contributed by atoms with Gasteiger partial charge >= 0.3 is 0 Å². The Balaban J connectivity index is 1.51. The molecule has 7 nitrogen and oxygen atoms in total. The minimum atomic E-state index is -0.425. The second kappa shape index (κ2) is 7.98. The van der Waals surface area contributed by atoms with Gasteiger partial charge in [-0.05, 0) is 42.5 Å². The Labute approximate surface area is 195 Å². The Hall–Kier alpha value is -4.20. The van der Waals surface area contributed by atoms with Gasteiger partial charge in [0.2, 0.25) is 0 Å². The summed E-state index contributed by atoms with van der Waals surface area (Å²) >= 11 is 0. The van der Waals surface area contributed by atoms with Gasteiger partial charge in [-0.3, -0.25) is 4.57 Å². The first-order chi connectivity index (χ1) is 16.6. The first kappa shape index (κ1) is 20.4. The summed E-state index contributed by atoms with van der Waals surface area (Å²) in [6.45, 7) is 3.85. The van der Waals surface area contributed by atoms with Crippen molar-refractivity contribution in [1.82, 2.24) is 24.3 Å². The van der Waals surface area contributed by atoms with Crippen LogP contribution in [-0.4, -0.2) is 30.9 Å². The van der Waals surface area contributed by atoms with Crippen LogP contribution in [0.5, 0.6) is 5.75 Å². The number of nitrogens with two attached hydrogens (primary N) is 1. The average molecular weight is 455 g/mol. The summed E-state index contributed by atoms with van der Waals surface area (Å²) < 4.78 is 23.9. The van der Waals surface area contributed by atoms with Gasteiger partial charge in [0.05, 0.1) is 11.6 Å². The number of hydrogen-bond acceptors (Lipinski definition) is 5. The number of benzene rings is 2. The Kier molecular flexibility index (Phi) is 4.79. The fourth-order valence-corrected chi connectivity index (χ4v) is 4.87. The lowest BCUT2D eigenvalue weighted by atomic mass is 9.88. The van der Waals surface area contributed by atoms with Crippen molar-refractivity contribution in [2.75, 3.05) is 12.3 Å². The van der Waals surface area contributed by atoms with Gasteiger partial charge in [-0.25, -0.2) is 19.0 Å². The highest BCUT2D eigenvalue weighted by Crippen LogP contribution is 2.35. The van der Waals surface area contributed by atoms with Crippen LogP contribution in [0.3, 0.4) is 0 Å². The number of hydrogen-bond donors (Lipinski definition) is 1. The number of ether oxygens (including phenoxy) is 1. The van der Waals surface area contributed by atoms with Crippen LogP contribution in [0, 0.1) is 5.82 Å². The predicted molar refractivity (Wildman–Crippen MR) is 130 cm³/mol. The van der Waals surface area contributed by atoms with E-state index in [1.807, 2.05) is 21.5 Å². The summed E-state index contributed by atoms with van der Waals surface area (Å²) in [5.41, 5.74) is 10.5. The van der Waals surface area contributed by atoms with E-state index in [0.717, 1.165) is 30.2 Å². The number of aryl methyl sites for hydroxylation is 1. The molecule has 34 heavy (non-hydrogen) atoms. The van der Waals surface area contributed by atoms with E-state index < -0.39 is 5.82 Å². The van der Waals surface area contributed by atoms with E-state index in [4.69, 9.17) is 15.6 Å². The minimum Gasteiger partial charge on any atom is -0.486 e. The van der Waals surface area contributed by atoms with Crippen LogP contribution < -0.4 is 10.5 Å². The first-order valence-electron chi connectivity index (χ1n) is 11.2. The normalized spacial score (nSPS) is 15.5. The van der Waals surface area contributed by atoms with Gasteiger partial charge in [-0.2, -0.15) is 5.10 Å². The van der Waals surface area contributed by atoms with Crippen molar-refractivity contribution in [3.05, 3.63) is 84.6 Å². The molecule has 0 aliphatic heterocycles. The van der Waals surface area contributed by atoms with Crippen molar-refractivity contribution in [1.29, 1.82) is 0 Å². The van der Waals surface area contributed by atoms with Crippen LogP contribution in [0.4, 0.5) is 10.2 Å². The molecule has 5 aromatic rings. The maximum absolute atomic E-state index is 14.5.